The molecule has 24 heavy (non-hydrogen) atoms. The molecule has 1 aromatic rings. The van der Waals surface area contributed by atoms with Crippen LogP contribution in [-0.4, -0.2) is 50.2 Å². The first-order valence-corrected chi connectivity index (χ1v) is 9.96. The molecule has 2 aliphatic rings. The molecular formula is C18H23NO4S. The Morgan fingerprint density at radius 1 is 1.17 bits per heavy atom. The van der Waals surface area contributed by atoms with Crippen molar-refractivity contribution in [2.45, 2.75) is 42.8 Å². The molecule has 130 valence electrons. The van der Waals surface area contributed by atoms with Gasteiger partial charge in [0.25, 0.3) is 5.91 Å². The second-order valence-corrected chi connectivity index (χ2v) is 8.49. The van der Waals surface area contributed by atoms with Crippen molar-refractivity contribution in [1.82, 2.24) is 4.90 Å². The van der Waals surface area contributed by atoms with E-state index >= 15 is 0 Å². The Hall–Kier alpha value is -1.69. The minimum absolute atomic E-state index is 0.0731. The summed E-state index contributed by atoms with van der Waals surface area (Å²) in [7, 11) is -1.45. The molecule has 1 saturated carbocycles. The fourth-order valence-corrected chi connectivity index (χ4v) is 4.52. The van der Waals surface area contributed by atoms with Crippen molar-refractivity contribution in [3.05, 3.63) is 35.4 Å². The molecule has 1 aromatic carbocycles. The SMILES string of the molecule is CS(=O)C1(C(=O)O)CCN(C(=O)c2ccc(C3CCC3)cc2)CC1. The molecule has 1 aliphatic heterocycles. The Morgan fingerprint density at radius 3 is 2.17 bits per heavy atom. The zero-order valence-electron chi connectivity index (χ0n) is 13.9. The first-order valence-electron chi connectivity index (χ1n) is 8.40. The number of aliphatic carboxylic acids is 1. The van der Waals surface area contributed by atoms with Crippen molar-refractivity contribution in [1.29, 1.82) is 0 Å². The molecule has 1 unspecified atom stereocenters. The summed E-state index contributed by atoms with van der Waals surface area (Å²) in [5, 5.41) is 9.42. The maximum absolute atomic E-state index is 12.6. The molecule has 3 rings (SSSR count). The normalized spacial score (nSPS) is 21.8. The maximum Gasteiger partial charge on any atom is 0.322 e. The van der Waals surface area contributed by atoms with Gasteiger partial charge in [0.15, 0.2) is 0 Å². The molecule has 0 bridgehead atoms. The third-order valence-corrected chi connectivity index (χ3v) is 7.22. The number of amides is 1. The van der Waals surface area contributed by atoms with Crippen LogP contribution in [0.1, 0.15) is 53.9 Å². The fraction of sp³-hybridized carbons (Fsp3) is 0.556. The molecule has 1 saturated heterocycles. The van der Waals surface area contributed by atoms with E-state index < -0.39 is 21.5 Å². The lowest BCUT2D eigenvalue weighted by molar-refractivity contribution is -0.141. The van der Waals surface area contributed by atoms with Crippen LogP contribution in [0, 0.1) is 0 Å². The third kappa shape index (κ3) is 2.99. The minimum Gasteiger partial charge on any atom is -0.480 e. The van der Waals surface area contributed by atoms with E-state index in [0.29, 0.717) is 24.6 Å². The molecule has 0 aromatic heterocycles. The summed E-state index contributed by atoms with van der Waals surface area (Å²) in [6.07, 6.45) is 5.64. The van der Waals surface area contributed by atoms with Gasteiger partial charge < -0.3 is 10.0 Å². The summed E-state index contributed by atoms with van der Waals surface area (Å²) >= 11 is 0. The van der Waals surface area contributed by atoms with Gasteiger partial charge in [-0.2, -0.15) is 0 Å². The van der Waals surface area contributed by atoms with E-state index in [1.165, 1.54) is 31.1 Å². The molecule has 1 aliphatic carbocycles. The monoisotopic (exact) mass is 349 g/mol. The predicted octanol–water partition coefficient (Wildman–Crippen LogP) is 2.39. The minimum atomic E-state index is -1.45. The highest BCUT2D eigenvalue weighted by molar-refractivity contribution is 7.86. The smallest absolute Gasteiger partial charge is 0.322 e. The Balaban J connectivity index is 1.66. The van der Waals surface area contributed by atoms with E-state index in [-0.39, 0.29) is 18.7 Å². The van der Waals surface area contributed by atoms with E-state index in [2.05, 4.69) is 0 Å². The quantitative estimate of drug-likeness (QED) is 0.906. The van der Waals surface area contributed by atoms with Gasteiger partial charge >= 0.3 is 5.97 Å². The van der Waals surface area contributed by atoms with Gasteiger partial charge in [0.05, 0.1) is 0 Å². The Kier molecular flexibility index (Phi) is 4.76. The van der Waals surface area contributed by atoms with Gasteiger partial charge in [-0.3, -0.25) is 13.8 Å². The molecule has 0 spiro atoms. The summed E-state index contributed by atoms with van der Waals surface area (Å²) in [4.78, 5) is 25.8. The van der Waals surface area contributed by atoms with Crippen LogP contribution in [0.3, 0.4) is 0 Å². The van der Waals surface area contributed by atoms with Crippen LogP contribution in [0.2, 0.25) is 0 Å². The zero-order chi connectivity index (χ0) is 17.3. The number of benzene rings is 1. The summed E-state index contributed by atoms with van der Waals surface area (Å²) in [5.41, 5.74) is 1.93. The molecule has 2 fully saturated rings. The van der Waals surface area contributed by atoms with Gasteiger partial charge in [-0.05, 0) is 49.3 Å². The highest BCUT2D eigenvalue weighted by atomic mass is 32.2. The van der Waals surface area contributed by atoms with Crippen LogP contribution in [0.25, 0.3) is 0 Å². The molecule has 0 radical (unpaired) electrons. The lowest BCUT2D eigenvalue weighted by atomic mass is 9.80. The summed E-state index contributed by atoms with van der Waals surface area (Å²) in [6, 6.07) is 7.80. The number of carbonyl (C=O) groups excluding carboxylic acids is 1. The fourth-order valence-electron chi connectivity index (χ4n) is 3.52. The van der Waals surface area contributed by atoms with Crippen LogP contribution >= 0.6 is 0 Å². The van der Waals surface area contributed by atoms with E-state index in [1.54, 1.807) is 4.90 Å². The van der Waals surface area contributed by atoms with E-state index in [9.17, 15) is 18.9 Å². The zero-order valence-corrected chi connectivity index (χ0v) is 14.7. The average Bonchev–Trinajstić information content (AvgIpc) is 2.53. The van der Waals surface area contributed by atoms with Crippen LogP contribution in [0.15, 0.2) is 24.3 Å². The number of piperidine rings is 1. The number of hydrogen-bond acceptors (Lipinski definition) is 3. The van der Waals surface area contributed by atoms with Gasteiger partial charge in [-0.15, -0.1) is 0 Å². The second-order valence-electron chi connectivity index (χ2n) is 6.80. The molecular weight excluding hydrogens is 326 g/mol. The highest BCUT2D eigenvalue weighted by Gasteiger charge is 2.46. The maximum atomic E-state index is 12.6. The van der Waals surface area contributed by atoms with Crippen LogP contribution < -0.4 is 0 Å². The first-order chi connectivity index (χ1) is 11.4. The summed E-state index contributed by atoms with van der Waals surface area (Å²) < 4.78 is 10.7. The van der Waals surface area contributed by atoms with Gasteiger partial charge in [-0.25, -0.2) is 0 Å². The number of carbonyl (C=O) groups is 2. The summed E-state index contributed by atoms with van der Waals surface area (Å²) in [6.45, 7) is 0.657. The first kappa shape index (κ1) is 17.1. The molecule has 1 N–H and O–H groups in total. The van der Waals surface area contributed by atoms with E-state index in [4.69, 9.17) is 0 Å². The number of carboxylic acids is 1. The van der Waals surface area contributed by atoms with Crippen molar-refractivity contribution in [3.63, 3.8) is 0 Å². The summed E-state index contributed by atoms with van der Waals surface area (Å²) in [5.74, 6) is -0.462. The average molecular weight is 349 g/mol. The largest absolute Gasteiger partial charge is 0.480 e. The van der Waals surface area contributed by atoms with Crippen molar-refractivity contribution in [2.75, 3.05) is 19.3 Å². The lowest BCUT2D eigenvalue weighted by Gasteiger charge is -2.37. The van der Waals surface area contributed by atoms with Crippen LogP contribution in [-0.2, 0) is 15.6 Å². The van der Waals surface area contributed by atoms with Gasteiger partial charge in [0.2, 0.25) is 0 Å². The molecule has 1 atom stereocenters. The van der Waals surface area contributed by atoms with E-state index in [0.717, 1.165) is 0 Å². The highest BCUT2D eigenvalue weighted by Crippen LogP contribution is 2.36. The van der Waals surface area contributed by atoms with Crippen molar-refractivity contribution in [3.8, 4) is 0 Å². The number of carboxylic acid groups (broad SMARTS) is 1. The standard InChI is InChI=1S/C18H23NO4S/c1-24(23)18(17(21)22)9-11-19(12-10-18)16(20)15-7-5-14(6-8-15)13-3-2-4-13/h5-8,13H,2-4,9-12H2,1H3,(H,21,22). The molecule has 6 heteroatoms. The number of likely N-dealkylation sites (tertiary alicyclic amines) is 1. The van der Waals surface area contributed by atoms with Gasteiger partial charge in [0, 0.05) is 35.7 Å². The Morgan fingerprint density at radius 2 is 1.75 bits per heavy atom. The lowest BCUT2D eigenvalue weighted by Crippen LogP contribution is -2.53. The van der Waals surface area contributed by atoms with Crippen LogP contribution in [0.4, 0.5) is 0 Å². The van der Waals surface area contributed by atoms with Gasteiger partial charge in [0.1, 0.15) is 4.75 Å². The third-order valence-electron chi connectivity index (χ3n) is 5.53. The Labute approximate surface area is 144 Å². The van der Waals surface area contributed by atoms with Crippen LogP contribution in [0.5, 0.6) is 0 Å². The number of hydrogen-bond donors (Lipinski definition) is 1. The topological polar surface area (TPSA) is 74.7 Å². The Bertz CT molecular complexity index is 642. The van der Waals surface area contributed by atoms with E-state index in [1.807, 2.05) is 24.3 Å². The molecule has 1 amide bonds. The number of nitrogens with zero attached hydrogens (tertiary/aromatic N) is 1. The molecule has 5 nitrogen and oxygen atoms in total. The van der Waals surface area contributed by atoms with Crippen molar-refractivity contribution in [2.24, 2.45) is 0 Å². The number of rotatable bonds is 4. The van der Waals surface area contributed by atoms with Crippen molar-refractivity contribution >= 4 is 22.7 Å². The predicted molar refractivity (Wildman–Crippen MR) is 92.6 cm³/mol. The molecule has 1 heterocycles. The van der Waals surface area contributed by atoms with Gasteiger partial charge in [-0.1, -0.05) is 18.6 Å². The second kappa shape index (κ2) is 6.67. The van der Waals surface area contributed by atoms with Crippen molar-refractivity contribution < 1.29 is 18.9 Å².